The van der Waals surface area contributed by atoms with Crippen LogP contribution in [0.3, 0.4) is 0 Å². The maximum atomic E-state index is 13.6. The van der Waals surface area contributed by atoms with Crippen molar-refractivity contribution >= 4 is 39.9 Å². The molecule has 1 fully saturated rings. The summed E-state index contributed by atoms with van der Waals surface area (Å²) in [7, 11) is -3.93. The minimum Gasteiger partial charge on any atom is -0.376 e. The molecule has 1 saturated heterocycles. The highest BCUT2D eigenvalue weighted by molar-refractivity contribution is 7.90. The van der Waals surface area contributed by atoms with Gasteiger partial charge in [0, 0.05) is 49.4 Å². The maximum Gasteiger partial charge on any atom is 0.421 e. The summed E-state index contributed by atoms with van der Waals surface area (Å²) < 4.78 is 68.6. The largest absolute Gasteiger partial charge is 0.421 e. The minimum atomic E-state index is -4.86. The first-order valence-electron chi connectivity index (χ1n) is 12.5. The molecule has 0 saturated carbocycles. The molecule has 1 N–H and O–H groups in total. The second kappa shape index (κ2) is 11.4. The third-order valence-corrected chi connectivity index (χ3v) is 9.55. The van der Waals surface area contributed by atoms with E-state index in [0.717, 1.165) is 0 Å². The highest BCUT2D eigenvalue weighted by Gasteiger charge is 2.51. The predicted octanol–water partition coefficient (Wildman–Crippen LogP) is 4.68. The highest BCUT2D eigenvalue weighted by atomic mass is 32.2. The average molecular weight is 594 g/mol. The number of hydrogen-bond donors (Lipinski definition) is 2. The molecule has 1 aliphatic heterocycles. The Bertz CT molecular complexity index is 1450. The van der Waals surface area contributed by atoms with Crippen LogP contribution in [0.5, 0.6) is 0 Å². The molecule has 12 heteroatoms. The first-order valence-corrected chi connectivity index (χ1v) is 14.4. The SMILES string of the molecule is CC(=O)N(C[C@H]1CN(S(=O)(=O)c2ccccc2S)CCN1c1ccc([C@@](C)(O)C(F)(F)F)cc1)c1ccccc1. The van der Waals surface area contributed by atoms with Gasteiger partial charge in [-0.2, -0.15) is 17.5 Å². The molecule has 1 aliphatic rings. The zero-order chi connectivity index (χ0) is 29.3. The van der Waals surface area contributed by atoms with Crippen molar-refractivity contribution in [2.75, 3.05) is 36.0 Å². The fourth-order valence-corrected chi connectivity index (χ4v) is 6.79. The Morgan fingerprint density at radius 3 is 2.17 bits per heavy atom. The number of benzene rings is 3. The van der Waals surface area contributed by atoms with Crippen LogP contribution in [0, 0.1) is 0 Å². The Morgan fingerprint density at radius 2 is 1.60 bits per heavy atom. The first-order chi connectivity index (χ1) is 18.7. The number of alkyl halides is 3. The van der Waals surface area contributed by atoms with Crippen molar-refractivity contribution in [3.05, 3.63) is 84.4 Å². The van der Waals surface area contributed by atoms with Crippen LogP contribution in [0.1, 0.15) is 19.4 Å². The molecule has 0 bridgehead atoms. The van der Waals surface area contributed by atoms with Crippen LogP contribution in [0.25, 0.3) is 0 Å². The van der Waals surface area contributed by atoms with Crippen LogP contribution in [0.4, 0.5) is 24.5 Å². The maximum absolute atomic E-state index is 13.6. The van der Waals surface area contributed by atoms with Crippen LogP contribution in [-0.2, 0) is 20.4 Å². The number of nitrogens with zero attached hydrogens (tertiary/aromatic N) is 3. The number of halogens is 3. The molecule has 0 aliphatic carbocycles. The third kappa shape index (κ3) is 5.99. The molecular formula is C28H30F3N3O4S2. The Kier molecular flexibility index (Phi) is 8.55. The topological polar surface area (TPSA) is 81.2 Å². The number of rotatable bonds is 7. The Labute approximate surface area is 237 Å². The van der Waals surface area contributed by atoms with Crippen molar-refractivity contribution < 1.29 is 31.5 Å². The van der Waals surface area contributed by atoms with Gasteiger partial charge >= 0.3 is 6.18 Å². The molecule has 1 amide bonds. The van der Waals surface area contributed by atoms with E-state index in [-0.39, 0.29) is 42.5 Å². The number of piperazine rings is 1. The van der Waals surface area contributed by atoms with Crippen LogP contribution in [0.15, 0.2) is 88.7 Å². The summed E-state index contributed by atoms with van der Waals surface area (Å²) in [4.78, 5) is 16.5. The number of sulfonamides is 1. The Morgan fingerprint density at radius 1 is 1.00 bits per heavy atom. The van der Waals surface area contributed by atoms with Gasteiger partial charge in [-0.15, -0.1) is 12.6 Å². The molecule has 0 radical (unpaired) electrons. The normalized spacial score (nSPS) is 18.3. The lowest BCUT2D eigenvalue weighted by Gasteiger charge is -2.44. The zero-order valence-corrected chi connectivity index (χ0v) is 23.6. The van der Waals surface area contributed by atoms with E-state index in [4.69, 9.17) is 0 Å². The number of aliphatic hydroxyl groups is 1. The van der Waals surface area contributed by atoms with Crippen molar-refractivity contribution in [2.45, 2.75) is 41.5 Å². The van der Waals surface area contributed by atoms with Gasteiger partial charge in [0.15, 0.2) is 5.60 Å². The van der Waals surface area contributed by atoms with Gasteiger partial charge < -0.3 is 14.9 Å². The summed E-state index contributed by atoms with van der Waals surface area (Å²) in [5.41, 5.74) is -2.18. The van der Waals surface area contributed by atoms with E-state index >= 15 is 0 Å². The quantitative estimate of drug-likeness (QED) is 0.389. The van der Waals surface area contributed by atoms with Crippen molar-refractivity contribution in [2.24, 2.45) is 0 Å². The average Bonchev–Trinajstić information content (AvgIpc) is 2.91. The zero-order valence-electron chi connectivity index (χ0n) is 21.9. The number of amides is 1. The van der Waals surface area contributed by atoms with Crippen molar-refractivity contribution in [1.82, 2.24) is 4.31 Å². The first kappa shape index (κ1) is 29.9. The van der Waals surface area contributed by atoms with Crippen molar-refractivity contribution in [1.29, 1.82) is 0 Å². The number of carbonyl (C=O) groups is 1. The van der Waals surface area contributed by atoms with Gasteiger partial charge in [0.2, 0.25) is 15.9 Å². The van der Waals surface area contributed by atoms with Gasteiger partial charge in [-0.05, 0) is 48.9 Å². The van der Waals surface area contributed by atoms with Gasteiger partial charge in [-0.3, -0.25) is 4.79 Å². The standard InChI is InChI=1S/C28H30F3N3O4S2/c1-20(35)34(22-8-4-3-5-9-22)19-24-18-32(40(37,38)26-11-7-6-10-25(26)39)16-17-33(24)23-14-12-21(13-15-23)27(2,36)28(29,30)31/h3-15,24,36,39H,16-19H2,1-2H3/t24-,27-/m1/s1. The summed E-state index contributed by atoms with van der Waals surface area (Å²) in [6.45, 7) is 2.57. The van der Waals surface area contributed by atoms with E-state index in [9.17, 15) is 31.5 Å². The highest BCUT2D eigenvalue weighted by Crippen LogP contribution is 2.39. The number of anilines is 2. The van der Waals surface area contributed by atoms with E-state index in [1.54, 1.807) is 47.4 Å². The molecule has 1 heterocycles. The molecule has 40 heavy (non-hydrogen) atoms. The number of carbonyl (C=O) groups excluding carboxylic acids is 1. The summed E-state index contributed by atoms with van der Waals surface area (Å²) in [5.74, 6) is -0.247. The lowest BCUT2D eigenvalue weighted by molar-refractivity contribution is -0.258. The molecule has 0 unspecified atom stereocenters. The summed E-state index contributed by atoms with van der Waals surface area (Å²) in [6, 6.07) is 20.1. The Balaban J connectivity index is 1.70. The number of hydrogen-bond acceptors (Lipinski definition) is 6. The molecule has 4 rings (SSSR count). The van der Waals surface area contributed by atoms with Gasteiger partial charge in [0.25, 0.3) is 0 Å². The van der Waals surface area contributed by atoms with Crippen LogP contribution < -0.4 is 9.80 Å². The fourth-order valence-electron chi connectivity index (χ4n) is 4.73. The lowest BCUT2D eigenvalue weighted by atomic mass is 9.95. The predicted molar refractivity (Wildman–Crippen MR) is 150 cm³/mol. The summed E-state index contributed by atoms with van der Waals surface area (Å²) >= 11 is 4.32. The van der Waals surface area contributed by atoms with Crippen LogP contribution in [0.2, 0.25) is 0 Å². The van der Waals surface area contributed by atoms with Gasteiger partial charge in [-0.25, -0.2) is 8.42 Å². The smallest absolute Gasteiger partial charge is 0.376 e. The van der Waals surface area contributed by atoms with Crippen molar-refractivity contribution in [3.63, 3.8) is 0 Å². The molecule has 0 aromatic heterocycles. The second-order valence-corrected chi connectivity index (χ2v) is 12.1. The Hall–Kier alpha value is -3.06. The molecule has 3 aromatic rings. The summed E-state index contributed by atoms with van der Waals surface area (Å²) in [5, 5.41) is 10.1. The van der Waals surface area contributed by atoms with Gasteiger partial charge in [-0.1, -0.05) is 42.5 Å². The van der Waals surface area contributed by atoms with E-state index in [0.29, 0.717) is 23.2 Å². The second-order valence-electron chi connectivity index (χ2n) is 9.76. The lowest BCUT2D eigenvalue weighted by Crippen LogP contribution is -2.59. The fraction of sp³-hybridized carbons (Fsp3) is 0.321. The van der Waals surface area contributed by atoms with Crippen LogP contribution in [-0.4, -0.2) is 62.1 Å². The molecule has 2 atom stereocenters. The van der Waals surface area contributed by atoms with E-state index < -0.39 is 27.8 Å². The molecule has 0 spiro atoms. The minimum absolute atomic E-state index is 0.0169. The van der Waals surface area contributed by atoms with Crippen LogP contribution >= 0.6 is 12.6 Å². The molecule has 214 valence electrons. The van der Waals surface area contributed by atoms with Gasteiger partial charge in [0.1, 0.15) is 0 Å². The van der Waals surface area contributed by atoms with E-state index in [1.165, 1.54) is 41.6 Å². The monoisotopic (exact) mass is 593 g/mol. The molecule has 7 nitrogen and oxygen atoms in total. The van der Waals surface area contributed by atoms with Crippen molar-refractivity contribution in [3.8, 4) is 0 Å². The molecular weight excluding hydrogens is 563 g/mol. The van der Waals surface area contributed by atoms with Gasteiger partial charge in [0.05, 0.1) is 10.9 Å². The summed E-state index contributed by atoms with van der Waals surface area (Å²) in [6.07, 6.45) is -4.86. The third-order valence-electron chi connectivity index (χ3n) is 7.08. The van der Waals surface area contributed by atoms with E-state index in [1.807, 2.05) is 11.0 Å². The molecule has 3 aromatic carbocycles. The number of thiol groups is 1. The number of para-hydroxylation sites is 1. The van der Waals surface area contributed by atoms with E-state index in [2.05, 4.69) is 12.6 Å².